The molecule has 0 aliphatic heterocycles. The number of halogens is 2. The summed E-state index contributed by atoms with van der Waals surface area (Å²) in [6, 6.07) is 36.0. The summed E-state index contributed by atoms with van der Waals surface area (Å²) >= 11 is -5.37. The minimum absolute atomic E-state index is 0.211. The van der Waals surface area contributed by atoms with Crippen molar-refractivity contribution in [2.24, 2.45) is 0 Å². The van der Waals surface area contributed by atoms with Crippen LogP contribution in [-0.2, 0) is 40.7 Å². The van der Waals surface area contributed by atoms with Crippen molar-refractivity contribution in [2.45, 2.75) is 87.6 Å². The summed E-state index contributed by atoms with van der Waals surface area (Å²) in [5.41, 5.74) is 16.0. The molecule has 0 fully saturated rings. The molecule has 0 saturated carbocycles. The molecular weight excluding hydrogens is 823 g/mol. The van der Waals surface area contributed by atoms with Gasteiger partial charge in [-0.25, -0.2) is 0 Å². The Morgan fingerprint density at radius 1 is 0.518 bits per heavy atom. The number of aryl methyl sites for hydroxylation is 6. The fourth-order valence-electron chi connectivity index (χ4n) is 9.56. The number of furan rings is 2. The summed E-state index contributed by atoms with van der Waals surface area (Å²) in [5, 5.41) is 0. The van der Waals surface area contributed by atoms with Crippen molar-refractivity contribution in [3.8, 4) is 22.3 Å². The summed E-state index contributed by atoms with van der Waals surface area (Å²) in [6.45, 7) is 17.7. The Kier molecular flexibility index (Phi) is 10.6. The van der Waals surface area contributed by atoms with Crippen LogP contribution in [-0.4, -0.2) is 5.43 Å². The van der Waals surface area contributed by atoms with Crippen molar-refractivity contribution in [1.29, 1.82) is 0 Å². The maximum absolute atomic E-state index is 8.98. The van der Waals surface area contributed by atoms with Gasteiger partial charge in [-0.3, -0.25) is 0 Å². The number of rotatable bonds is 10. The third-order valence-electron chi connectivity index (χ3n) is 12.7. The standard InChI is InChI=1S/2C24H23O.C2H6Si.2ClH.Zr/c2*1-4-17-7-9-19(10-8-17)24-18(5-2)11-12-20-14-21(15-22(20)24)23-13-6-16(3)25-23;1-3-2;;;/h2*6-15H,4-5H2,1-3H3;1-2H3;2*1H;/q;;;;;+2/p-2. The molecule has 0 amide bonds. The van der Waals surface area contributed by atoms with E-state index in [1.54, 1.807) is 0 Å². The van der Waals surface area contributed by atoms with Crippen molar-refractivity contribution in [2.75, 3.05) is 0 Å². The molecule has 2 unspecified atom stereocenters. The number of hydrogen-bond acceptors (Lipinski definition) is 2. The minimum atomic E-state index is -5.37. The van der Waals surface area contributed by atoms with Crippen LogP contribution in [0.15, 0.2) is 106 Å². The zero-order valence-electron chi connectivity index (χ0n) is 33.9. The van der Waals surface area contributed by atoms with Crippen LogP contribution in [0.5, 0.6) is 0 Å². The van der Waals surface area contributed by atoms with E-state index in [1.807, 2.05) is 13.8 Å². The second-order valence-electron chi connectivity index (χ2n) is 16.1. The second kappa shape index (κ2) is 15.1. The normalized spacial score (nSPS) is 16.5. The Balaban J connectivity index is 1.45. The molecule has 0 spiro atoms. The number of allylic oxidation sites excluding steroid dienone is 2. The fraction of sp³-hybridized carbons (Fsp3) is 0.280. The third-order valence-corrected chi connectivity index (χ3v) is 59.0. The van der Waals surface area contributed by atoms with Gasteiger partial charge < -0.3 is 0 Å². The number of hydrogen-bond donors (Lipinski definition) is 0. The molecule has 286 valence electrons. The first kappa shape index (κ1) is 39.4. The van der Waals surface area contributed by atoms with E-state index in [0.717, 1.165) is 59.9 Å². The van der Waals surface area contributed by atoms with Crippen molar-refractivity contribution in [3.63, 3.8) is 0 Å². The molecular formula is C50H52Cl2O2SiZr. The Labute approximate surface area is 341 Å². The molecule has 0 N–H and O–H groups in total. The average molecular weight is 875 g/mol. The van der Waals surface area contributed by atoms with Crippen LogP contribution in [0, 0.1) is 13.8 Å². The summed E-state index contributed by atoms with van der Waals surface area (Å²) in [4.78, 5) is 0. The number of benzene rings is 4. The molecule has 2 aliphatic rings. The predicted octanol–water partition coefficient (Wildman–Crippen LogP) is 15.2. The summed E-state index contributed by atoms with van der Waals surface area (Å²) < 4.78 is 12.7. The van der Waals surface area contributed by atoms with E-state index in [-0.39, 0.29) is 7.25 Å². The van der Waals surface area contributed by atoms with E-state index in [1.165, 1.54) is 66.8 Å². The van der Waals surface area contributed by atoms with Crippen molar-refractivity contribution >= 4 is 45.8 Å². The fourth-order valence-corrected chi connectivity index (χ4v) is 37.2. The van der Waals surface area contributed by atoms with Gasteiger partial charge in [0.2, 0.25) is 0 Å². The number of fused-ring (bicyclic) bond motifs is 2. The predicted molar refractivity (Wildman–Crippen MR) is 239 cm³/mol. The van der Waals surface area contributed by atoms with Crippen LogP contribution in [0.25, 0.3) is 45.6 Å². The monoisotopic (exact) mass is 872 g/mol. The van der Waals surface area contributed by atoms with Gasteiger partial charge in [-0.2, -0.15) is 0 Å². The van der Waals surface area contributed by atoms with Gasteiger partial charge in [0.1, 0.15) is 0 Å². The van der Waals surface area contributed by atoms with E-state index in [9.17, 15) is 0 Å². The van der Waals surface area contributed by atoms with Gasteiger partial charge in [0, 0.05) is 0 Å². The van der Waals surface area contributed by atoms with Crippen molar-refractivity contribution in [3.05, 3.63) is 165 Å². The molecule has 2 heterocycles. The maximum atomic E-state index is 8.98. The van der Waals surface area contributed by atoms with Crippen LogP contribution >= 0.6 is 17.0 Å². The van der Waals surface area contributed by atoms with E-state index < -0.39 is 20.4 Å². The molecule has 2 aliphatic carbocycles. The van der Waals surface area contributed by atoms with Gasteiger partial charge in [0.15, 0.2) is 0 Å². The molecule has 0 bridgehead atoms. The van der Waals surface area contributed by atoms with Gasteiger partial charge in [-0.15, -0.1) is 0 Å². The molecule has 56 heavy (non-hydrogen) atoms. The molecule has 4 aromatic carbocycles. The van der Waals surface area contributed by atoms with Crippen LogP contribution in [0.3, 0.4) is 0 Å². The molecule has 6 aromatic rings. The van der Waals surface area contributed by atoms with E-state index >= 15 is 0 Å². The van der Waals surface area contributed by atoms with Gasteiger partial charge >= 0.3 is 344 Å². The zero-order chi connectivity index (χ0) is 39.5. The van der Waals surface area contributed by atoms with Gasteiger partial charge in [0.25, 0.3) is 0 Å². The Hall–Kier alpha value is -3.40. The first-order chi connectivity index (χ1) is 26.9. The van der Waals surface area contributed by atoms with Gasteiger partial charge in [-0.1, -0.05) is 0 Å². The van der Waals surface area contributed by atoms with Crippen LogP contribution in [0.2, 0.25) is 13.1 Å². The van der Waals surface area contributed by atoms with Crippen LogP contribution in [0.1, 0.15) is 102 Å². The summed E-state index contributed by atoms with van der Waals surface area (Å²) in [6.07, 6.45) is 8.63. The molecule has 6 heteroatoms. The van der Waals surface area contributed by atoms with E-state index in [2.05, 4.69) is 150 Å². The van der Waals surface area contributed by atoms with Gasteiger partial charge in [-0.05, 0) is 0 Å². The molecule has 2 nitrogen and oxygen atoms in total. The van der Waals surface area contributed by atoms with Crippen molar-refractivity contribution in [1.82, 2.24) is 0 Å². The van der Waals surface area contributed by atoms with E-state index in [0.29, 0.717) is 0 Å². The zero-order valence-corrected chi connectivity index (χ0v) is 38.9. The third kappa shape index (κ3) is 6.30. The van der Waals surface area contributed by atoms with Gasteiger partial charge in [0.05, 0.1) is 0 Å². The molecule has 2 atom stereocenters. The quantitative estimate of drug-likeness (QED) is 0.128. The summed E-state index contributed by atoms with van der Waals surface area (Å²) in [7, 11) is 18.0. The Morgan fingerprint density at radius 3 is 1.21 bits per heavy atom. The summed E-state index contributed by atoms with van der Waals surface area (Å²) in [5.74, 6) is 3.46. The molecule has 0 radical (unpaired) electrons. The Bertz CT molecular complexity index is 2450. The first-order valence-electron chi connectivity index (χ1n) is 20.4. The molecule has 2 aromatic heterocycles. The SMILES string of the molecule is CCc1ccc(-c2c(CC)ccc3c2C=C(c2ccc(C)o2)[CH]3[Zr]([Cl])([Cl])([CH]2C(c3ccc(C)o3)=Cc3c2ccc(CC)c3-c2ccc(CC)cc2)=[Si](C)C)cc1. The molecule has 8 rings (SSSR count). The Morgan fingerprint density at radius 2 is 0.911 bits per heavy atom. The average Bonchev–Trinajstić information content (AvgIpc) is 4.02. The van der Waals surface area contributed by atoms with Crippen molar-refractivity contribution < 1.29 is 23.8 Å². The van der Waals surface area contributed by atoms with Crippen LogP contribution < -0.4 is 0 Å². The first-order valence-corrected chi connectivity index (χ1v) is 35.7. The second-order valence-corrected chi connectivity index (χ2v) is 54.8. The molecule has 0 saturated heterocycles. The van der Waals surface area contributed by atoms with Crippen LogP contribution in [0.4, 0.5) is 0 Å². The van der Waals surface area contributed by atoms with E-state index in [4.69, 9.17) is 25.9 Å². The topological polar surface area (TPSA) is 26.3 Å².